The van der Waals surface area contributed by atoms with Gasteiger partial charge in [0, 0.05) is 237 Å². The van der Waals surface area contributed by atoms with Crippen molar-refractivity contribution in [2.45, 2.75) is 96.2 Å². The van der Waals surface area contributed by atoms with Gasteiger partial charge >= 0.3 is 0 Å². The number of likely N-dealkylation sites (tertiary alicyclic amines) is 3. The SMILES string of the molecule is COc1ccc(C(=O)N2CCN(C(=O)C(C)Cc3ccccc3)CC2)cc1CCN1CCC(n2ccc3ccc(C(N)=O)cc32)CC1.COc1ccc(C(=O)N2CCN(C(C)=O)CC2)cc1CCN1CCC(n2ccc3ccc(C(N)=O)cc32)CC1.COc1ccc(C(=O)N2CCNCC2)cc1CCN1CCC(n2ccc3ccc(C(N)=O)cc32)CC1. The summed E-state index contributed by atoms with van der Waals surface area (Å²) in [5.74, 6) is 1.42. The molecule has 10 aromatic rings. The maximum absolute atomic E-state index is 13.6. The number of nitrogens with zero attached hydrogens (tertiary/aromatic N) is 11. The van der Waals surface area contributed by atoms with Crippen LogP contribution in [0, 0.1) is 5.92 Å². The van der Waals surface area contributed by atoms with Gasteiger partial charge in [0.05, 0.1) is 21.3 Å². The molecule has 642 valence electrons. The van der Waals surface area contributed by atoms with Crippen molar-refractivity contribution in [3.05, 3.63) is 232 Å². The van der Waals surface area contributed by atoms with Crippen molar-refractivity contribution >= 4 is 80.0 Å². The van der Waals surface area contributed by atoms with Crippen LogP contribution >= 0.6 is 0 Å². The molecule has 1 unspecified atom stereocenters. The number of piperazine rings is 3. The number of nitrogens with one attached hydrogen (secondary N) is 1. The van der Waals surface area contributed by atoms with Crippen molar-refractivity contribution in [2.24, 2.45) is 23.1 Å². The monoisotopic (exact) mass is 1660 g/mol. The maximum Gasteiger partial charge on any atom is 0.253 e. The highest BCUT2D eigenvalue weighted by Crippen LogP contribution is 2.35. The van der Waals surface area contributed by atoms with Crippen molar-refractivity contribution in [1.29, 1.82) is 0 Å². The molecule has 1 atom stereocenters. The molecular formula is C96H117N15O11. The second-order valence-corrected chi connectivity index (χ2v) is 33.2. The number of hydrogen-bond donors (Lipinski definition) is 4. The van der Waals surface area contributed by atoms with Gasteiger partial charge < -0.3 is 89.6 Å². The predicted octanol–water partition coefficient (Wildman–Crippen LogP) is 10.4. The fraction of sp³-hybridized carbons (Fsp3) is 0.417. The van der Waals surface area contributed by atoms with Crippen molar-refractivity contribution < 1.29 is 52.6 Å². The van der Waals surface area contributed by atoms with Gasteiger partial charge in [0.2, 0.25) is 29.5 Å². The van der Waals surface area contributed by atoms with Crippen molar-refractivity contribution in [3.8, 4) is 17.2 Å². The van der Waals surface area contributed by atoms with E-state index < -0.39 is 17.7 Å². The van der Waals surface area contributed by atoms with Crippen molar-refractivity contribution in [3.63, 3.8) is 0 Å². The van der Waals surface area contributed by atoms with Gasteiger partial charge in [0.25, 0.3) is 17.7 Å². The van der Waals surface area contributed by atoms with Crippen LogP contribution in [0.5, 0.6) is 17.2 Å². The largest absolute Gasteiger partial charge is 0.496 e. The Bertz CT molecular complexity index is 5360. The third-order valence-electron chi connectivity index (χ3n) is 25.7. The van der Waals surface area contributed by atoms with Crippen LogP contribution in [-0.4, -0.2) is 259 Å². The summed E-state index contributed by atoms with van der Waals surface area (Å²) in [5.41, 5.74) is 27.7. The molecule has 122 heavy (non-hydrogen) atoms. The normalized spacial score (nSPS) is 17.0. The van der Waals surface area contributed by atoms with E-state index in [1.54, 1.807) is 51.4 Å². The highest BCUT2D eigenvalue weighted by Gasteiger charge is 2.32. The Morgan fingerprint density at radius 2 is 0.680 bits per heavy atom. The van der Waals surface area contributed by atoms with Crippen LogP contribution in [-0.2, 0) is 35.3 Å². The number of benzene rings is 7. The first-order valence-electron chi connectivity index (χ1n) is 43.2. The molecule has 7 N–H and O–H groups in total. The first-order valence-corrected chi connectivity index (χ1v) is 43.2. The Labute approximate surface area is 714 Å². The quantitative estimate of drug-likeness (QED) is 0.0437. The lowest BCUT2D eigenvalue weighted by molar-refractivity contribution is -0.136. The summed E-state index contributed by atoms with van der Waals surface area (Å²) >= 11 is 0. The van der Waals surface area contributed by atoms with E-state index in [1.165, 1.54) is 0 Å². The molecule has 0 radical (unpaired) electrons. The van der Waals surface area contributed by atoms with Gasteiger partial charge in [-0.1, -0.05) is 55.5 Å². The molecule has 9 heterocycles. The molecule has 0 saturated carbocycles. The molecule has 3 aromatic heterocycles. The highest BCUT2D eigenvalue weighted by atomic mass is 16.5. The van der Waals surface area contributed by atoms with Gasteiger partial charge in [-0.25, -0.2) is 0 Å². The number of carbonyl (C=O) groups is 8. The molecular weight excluding hydrogens is 1540 g/mol. The van der Waals surface area contributed by atoms with Crippen LogP contribution in [0.2, 0.25) is 0 Å². The molecule has 6 aliphatic heterocycles. The number of primary amides is 3. The molecule has 16 rings (SSSR count). The molecule has 8 amide bonds. The minimum Gasteiger partial charge on any atom is -0.496 e. The fourth-order valence-electron chi connectivity index (χ4n) is 18.4. The Morgan fingerprint density at radius 3 is 1.00 bits per heavy atom. The summed E-state index contributed by atoms with van der Waals surface area (Å²) in [5, 5.41) is 6.65. The first kappa shape index (κ1) is 86.5. The smallest absolute Gasteiger partial charge is 0.253 e. The van der Waals surface area contributed by atoms with E-state index in [-0.39, 0.29) is 35.5 Å². The molecule has 26 heteroatoms. The van der Waals surface area contributed by atoms with Crippen LogP contribution in [0.25, 0.3) is 32.7 Å². The average molecular weight is 1660 g/mol. The Kier molecular flexibility index (Phi) is 28.5. The van der Waals surface area contributed by atoms with E-state index in [2.05, 4.69) is 82.6 Å². The van der Waals surface area contributed by atoms with E-state index >= 15 is 0 Å². The summed E-state index contributed by atoms with van der Waals surface area (Å²) in [6.45, 7) is 19.7. The summed E-state index contributed by atoms with van der Waals surface area (Å²) in [4.78, 5) is 116. The standard InChI is InChI=1S/C38H45N5O4.C30H37N5O4.C28H35N5O3/c1-27(24-28-6-4-3-5-7-28)37(45)41-20-22-42(23-21-41)38(46)32-10-11-35(47-2)30(25-32)12-16-40-17-14-33(15-18-40)43-19-13-29-8-9-31(36(39)44)26-34(29)43;1-21(36)33-15-17-34(18-16-33)30(38)25-5-6-28(39-2)23(19-25)7-11-32-12-9-26(10-13-32)35-14-8-22-3-4-24(29(31)37)20-27(22)35;1-36-26-5-4-23(28(35)32-16-10-30-11-17-32)18-21(26)6-12-31-13-8-24(9-14-31)33-15-7-20-2-3-22(27(29)34)19-25(20)33/h3-11,13,19,25-27,33H,12,14-18,20-24H2,1-2H3,(H2,39,44);3-6,8,14,19-20,26H,7,9-13,15-18H2,1-2H3,(H2,31,37);2-5,7,15,18-19,24,30H,6,8-14,16-17H2,1H3,(H2,29,34). The van der Waals surface area contributed by atoms with Crippen LogP contribution in [0.1, 0.15) is 155 Å². The minimum absolute atomic E-state index is 0.00126. The van der Waals surface area contributed by atoms with E-state index in [0.29, 0.717) is 98.3 Å². The summed E-state index contributed by atoms with van der Waals surface area (Å²) in [6, 6.07) is 51.7. The summed E-state index contributed by atoms with van der Waals surface area (Å²) in [6.07, 6.45) is 15.6. The van der Waals surface area contributed by atoms with E-state index in [0.717, 1.165) is 227 Å². The van der Waals surface area contributed by atoms with Crippen LogP contribution in [0.3, 0.4) is 0 Å². The number of carbonyl (C=O) groups excluding carboxylic acids is 8. The van der Waals surface area contributed by atoms with Gasteiger partial charge in [0.1, 0.15) is 17.2 Å². The molecule has 7 aromatic carbocycles. The number of methoxy groups -OCH3 is 3. The fourth-order valence-corrected chi connectivity index (χ4v) is 18.4. The summed E-state index contributed by atoms with van der Waals surface area (Å²) in [7, 11) is 5.02. The second-order valence-electron chi connectivity index (χ2n) is 33.2. The third-order valence-corrected chi connectivity index (χ3v) is 25.7. The summed E-state index contributed by atoms with van der Waals surface area (Å²) < 4.78 is 23.8. The van der Waals surface area contributed by atoms with E-state index in [4.69, 9.17) is 31.4 Å². The molecule has 6 saturated heterocycles. The minimum atomic E-state index is -0.408. The van der Waals surface area contributed by atoms with Gasteiger partial charge in [-0.2, -0.15) is 0 Å². The Morgan fingerprint density at radius 1 is 0.369 bits per heavy atom. The Hall–Kier alpha value is -11.8. The van der Waals surface area contributed by atoms with Crippen LogP contribution in [0.15, 0.2) is 176 Å². The van der Waals surface area contributed by atoms with Crippen molar-refractivity contribution in [2.75, 3.05) is 159 Å². The number of aromatic nitrogens is 3. The van der Waals surface area contributed by atoms with Crippen molar-refractivity contribution in [1.82, 2.24) is 58.2 Å². The molecule has 0 spiro atoms. The average Bonchev–Trinajstić information content (AvgIpc) is 1.53. The second kappa shape index (κ2) is 40.2. The lowest BCUT2D eigenvalue weighted by atomic mass is 9.99. The predicted molar refractivity (Wildman–Crippen MR) is 474 cm³/mol. The van der Waals surface area contributed by atoms with Crippen LogP contribution in [0.4, 0.5) is 0 Å². The number of amides is 8. The number of ether oxygens (including phenoxy) is 3. The van der Waals surface area contributed by atoms with Gasteiger partial charge in [-0.05, 0) is 212 Å². The topological polar surface area (TPSA) is 295 Å². The van der Waals surface area contributed by atoms with Crippen LogP contribution < -0.4 is 36.7 Å². The van der Waals surface area contributed by atoms with E-state index in [1.807, 2.05) is 136 Å². The number of hydrogen-bond acceptors (Lipinski definition) is 15. The first-order chi connectivity index (χ1) is 59.2. The molecule has 6 aliphatic rings. The number of rotatable bonds is 24. The van der Waals surface area contributed by atoms with Gasteiger partial charge in [0.15, 0.2) is 0 Å². The molecule has 0 bridgehead atoms. The Balaban J connectivity index is 0.000000151. The zero-order chi connectivity index (χ0) is 85.5. The third kappa shape index (κ3) is 20.8. The number of fused-ring (bicyclic) bond motifs is 3. The molecule has 0 aliphatic carbocycles. The van der Waals surface area contributed by atoms with E-state index in [9.17, 15) is 38.4 Å². The zero-order valence-electron chi connectivity index (χ0n) is 71.1. The highest BCUT2D eigenvalue weighted by molar-refractivity contribution is 6.00. The lowest BCUT2D eigenvalue weighted by Crippen LogP contribution is -2.51. The molecule has 26 nitrogen and oxygen atoms in total. The maximum atomic E-state index is 13.6. The zero-order valence-corrected chi connectivity index (χ0v) is 71.1. The number of nitrogens with two attached hydrogens (primary N) is 3. The lowest BCUT2D eigenvalue weighted by Gasteiger charge is -2.36. The van der Waals surface area contributed by atoms with Gasteiger partial charge in [-0.15, -0.1) is 0 Å². The van der Waals surface area contributed by atoms with Gasteiger partial charge in [-0.3, -0.25) is 38.4 Å². The number of piperidine rings is 3. The molecule has 6 fully saturated rings.